The smallest absolute Gasteiger partial charge is 0.119 e. The van der Waals surface area contributed by atoms with Gasteiger partial charge in [0.15, 0.2) is 0 Å². The van der Waals surface area contributed by atoms with Gasteiger partial charge in [0.2, 0.25) is 0 Å². The maximum atomic E-state index is 5.77. The van der Waals surface area contributed by atoms with E-state index in [1.54, 1.807) is 14.2 Å². The van der Waals surface area contributed by atoms with Gasteiger partial charge in [-0.1, -0.05) is 158 Å². The van der Waals surface area contributed by atoms with E-state index in [-0.39, 0.29) is 0 Å². The van der Waals surface area contributed by atoms with Crippen molar-refractivity contribution in [1.29, 1.82) is 0 Å². The maximum absolute atomic E-state index is 5.77. The predicted octanol–water partition coefficient (Wildman–Crippen LogP) is 20.6. The minimum atomic E-state index is -0.662. The van der Waals surface area contributed by atoms with Gasteiger partial charge in [0.25, 0.3) is 0 Å². The van der Waals surface area contributed by atoms with Crippen LogP contribution >= 0.6 is 0 Å². The first-order valence-corrected chi connectivity index (χ1v) is 29.6. The zero-order chi connectivity index (χ0) is 56.9. The topological polar surface area (TPSA) is 34.8 Å². The molecule has 0 saturated heterocycles. The Morgan fingerprint density at radius 1 is 0.294 bits per heavy atom. The van der Waals surface area contributed by atoms with E-state index in [4.69, 9.17) is 9.47 Å². The molecule has 0 N–H and O–H groups in total. The van der Waals surface area contributed by atoms with Crippen LogP contribution in [-0.2, 0) is 18.5 Å². The van der Waals surface area contributed by atoms with E-state index in [0.29, 0.717) is 0 Å². The molecule has 0 unspecified atom stereocenters. The summed E-state index contributed by atoms with van der Waals surface area (Å²) >= 11 is 0. The molecule has 0 fully saturated rings. The molecular formula is C79H60N4O2. The number of anilines is 6. The van der Waals surface area contributed by atoms with E-state index in [0.717, 1.165) is 58.7 Å². The summed E-state index contributed by atoms with van der Waals surface area (Å²) in [5, 5.41) is 4.98. The van der Waals surface area contributed by atoms with Crippen molar-refractivity contribution in [2.75, 3.05) is 24.0 Å². The molecule has 12 aromatic carbocycles. The third kappa shape index (κ3) is 7.64. The van der Waals surface area contributed by atoms with Crippen molar-refractivity contribution in [2.45, 2.75) is 32.4 Å². The van der Waals surface area contributed by atoms with E-state index >= 15 is 0 Å². The van der Waals surface area contributed by atoms with E-state index in [9.17, 15) is 0 Å². The average Bonchev–Trinajstić information content (AvgIpc) is 1.55. The number of nitrogens with zero attached hydrogens (tertiary/aromatic N) is 4. The molecule has 0 radical (unpaired) electrons. The Hall–Kier alpha value is -10.6. The molecule has 2 aliphatic rings. The van der Waals surface area contributed by atoms with Crippen molar-refractivity contribution in [3.63, 3.8) is 0 Å². The van der Waals surface area contributed by atoms with E-state index in [1.165, 1.54) is 110 Å². The van der Waals surface area contributed by atoms with Crippen molar-refractivity contribution in [1.82, 2.24) is 9.13 Å². The van der Waals surface area contributed by atoms with Gasteiger partial charge >= 0.3 is 0 Å². The molecule has 85 heavy (non-hydrogen) atoms. The molecule has 16 rings (SSSR count). The van der Waals surface area contributed by atoms with Crippen LogP contribution in [0.1, 0.15) is 36.1 Å². The van der Waals surface area contributed by atoms with Gasteiger partial charge in [0, 0.05) is 79.8 Å². The molecule has 2 heterocycles. The van der Waals surface area contributed by atoms with Crippen molar-refractivity contribution in [3.8, 4) is 56.0 Å². The number of ether oxygens (including phenoxy) is 2. The lowest BCUT2D eigenvalue weighted by atomic mass is 9.70. The number of fused-ring (bicyclic) bond motifs is 16. The van der Waals surface area contributed by atoms with Crippen LogP contribution in [0.2, 0.25) is 0 Å². The number of hydrogen-bond donors (Lipinski definition) is 0. The van der Waals surface area contributed by atoms with Crippen LogP contribution in [0.3, 0.4) is 0 Å². The lowest BCUT2D eigenvalue weighted by molar-refractivity contribution is 0.414. The highest BCUT2D eigenvalue weighted by Gasteiger charge is 2.52. The Bertz CT molecular complexity index is 4630. The van der Waals surface area contributed by atoms with Crippen molar-refractivity contribution < 1.29 is 9.47 Å². The zero-order valence-electron chi connectivity index (χ0n) is 47.9. The summed E-state index contributed by atoms with van der Waals surface area (Å²) in [4.78, 5) is 4.86. The van der Waals surface area contributed by atoms with Crippen molar-refractivity contribution >= 4 is 77.7 Å². The summed E-state index contributed by atoms with van der Waals surface area (Å²) in [7, 11) is 3.46. The third-order valence-electron chi connectivity index (χ3n) is 18.3. The first-order valence-electron chi connectivity index (χ1n) is 29.6. The van der Waals surface area contributed by atoms with Crippen LogP contribution in [-0.4, -0.2) is 23.4 Å². The molecule has 1 spiro atoms. The molecule has 6 nitrogen and oxygen atoms in total. The van der Waals surface area contributed by atoms with E-state index in [2.05, 4.69) is 300 Å². The normalized spacial score (nSPS) is 12.7. The van der Waals surface area contributed by atoms with Gasteiger partial charge in [-0.05, 0) is 190 Å². The fourth-order valence-corrected chi connectivity index (χ4v) is 14.5. The zero-order valence-corrected chi connectivity index (χ0v) is 47.9. The number of aryl methyl sites for hydroxylation is 2. The summed E-state index contributed by atoms with van der Waals surface area (Å²) in [6, 6.07) is 98.9. The first kappa shape index (κ1) is 50.2. The van der Waals surface area contributed by atoms with Gasteiger partial charge in [-0.3, -0.25) is 0 Å². The van der Waals surface area contributed by atoms with Crippen LogP contribution in [0, 0.1) is 0 Å². The van der Waals surface area contributed by atoms with Gasteiger partial charge in [0.05, 0.1) is 30.7 Å². The molecule has 2 aliphatic carbocycles. The van der Waals surface area contributed by atoms with Gasteiger partial charge in [-0.15, -0.1) is 0 Å². The van der Waals surface area contributed by atoms with E-state index in [1.807, 2.05) is 0 Å². The average molecular weight is 1100 g/mol. The summed E-state index contributed by atoms with van der Waals surface area (Å²) in [6.45, 7) is 6.16. The molecule has 408 valence electrons. The Balaban J connectivity index is 0.895. The van der Waals surface area contributed by atoms with Crippen LogP contribution in [0.5, 0.6) is 11.5 Å². The fraction of sp³-hybridized carbons (Fsp3) is 0.0886. The van der Waals surface area contributed by atoms with Gasteiger partial charge in [-0.25, -0.2) is 0 Å². The predicted molar refractivity (Wildman–Crippen MR) is 353 cm³/mol. The summed E-state index contributed by atoms with van der Waals surface area (Å²) < 4.78 is 16.5. The second-order valence-electron chi connectivity index (χ2n) is 22.5. The Kier molecular flexibility index (Phi) is 11.7. The minimum absolute atomic E-state index is 0.662. The highest BCUT2D eigenvalue weighted by molar-refractivity contribution is 6.12. The van der Waals surface area contributed by atoms with Crippen LogP contribution in [0.15, 0.2) is 267 Å². The van der Waals surface area contributed by atoms with Crippen LogP contribution in [0.4, 0.5) is 34.1 Å². The van der Waals surface area contributed by atoms with Crippen LogP contribution < -0.4 is 19.3 Å². The SMILES string of the molecule is CCn1c2cc(-c3ccccc3)ccc2c2ccc(N(c3ccc(OC)cc3)c3ccc4c(c3)C3(c5ccccc5-c5ccccc53)c3cc(N(c5ccc(OC)cc5)c5ccc6c7ccc(-c8ccccc8)cc7n(CC)c6c5)ccc3-4)cc21. The molecule has 2 aromatic heterocycles. The molecule has 6 heteroatoms. The van der Waals surface area contributed by atoms with Gasteiger partial charge in [-0.2, -0.15) is 0 Å². The highest BCUT2D eigenvalue weighted by atomic mass is 16.5. The van der Waals surface area contributed by atoms with Crippen molar-refractivity contribution in [3.05, 3.63) is 289 Å². The fourth-order valence-electron chi connectivity index (χ4n) is 14.5. The number of aromatic nitrogens is 2. The quantitative estimate of drug-likeness (QED) is 0.122. The number of rotatable bonds is 12. The van der Waals surface area contributed by atoms with Gasteiger partial charge in [0.1, 0.15) is 11.5 Å². The number of hydrogen-bond acceptors (Lipinski definition) is 4. The maximum Gasteiger partial charge on any atom is 0.119 e. The van der Waals surface area contributed by atoms with Crippen molar-refractivity contribution in [2.24, 2.45) is 0 Å². The third-order valence-corrected chi connectivity index (χ3v) is 18.3. The van der Waals surface area contributed by atoms with Gasteiger partial charge < -0.3 is 28.4 Å². The summed E-state index contributed by atoms with van der Waals surface area (Å²) in [6.07, 6.45) is 0. The molecule has 14 aromatic rings. The van der Waals surface area contributed by atoms with Crippen LogP contribution in [0.25, 0.3) is 88.1 Å². The first-order chi connectivity index (χ1) is 41.9. The largest absolute Gasteiger partial charge is 0.497 e. The summed E-state index contributed by atoms with van der Waals surface area (Å²) in [5.74, 6) is 1.62. The monoisotopic (exact) mass is 1100 g/mol. The molecule has 0 atom stereocenters. The number of methoxy groups -OCH3 is 2. The van der Waals surface area contributed by atoms with E-state index < -0.39 is 5.41 Å². The lowest BCUT2D eigenvalue weighted by Gasteiger charge is -2.33. The molecule has 0 amide bonds. The summed E-state index contributed by atoms with van der Waals surface area (Å²) in [5.41, 5.74) is 25.4. The standard InChI is InChI=1S/C79H60N4O2/c1-5-80-75-45-53(51-17-9-7-10-18-51)25-39-67(75)69-43-33-59(49-77(69)80)82(55-27-35-61(84-3)36-28-55)57-31-41-65-66-42-32-58(48-74(66)79(73(65)47-57)71-23-15-13-21-63(71)64-22-14-16-24-72(64)79)83(56-29-37-62(85-4)38-30-56)60-34-44-70-68-40-26-54(52-19-11-8-12-20-52)46-76(68)81(6-2)78(70)50-60/h7-50H,5-6H2,1-4H3. The second kappa shape index (κ2) is 19.8. The highest BCUT2D eigenvalue weighted by Crippen LogP contribution is 2.64. The minimum Gasteiger partial charge on any atom is -0.497 e. The second-order valence-corrected chi connectivity index (χ2v) is 22.5. The lowest BCUT2D eigenvalue weighted by Crippen LogP contribution is -2.26. The Labute approximate surface area is 495 Å². The molecular weight excluding hydrogens is 1040 g/mol. The molecule has 0 aliphatic heterocycles. The molecule has 0 saturated carbocycles. The Morgan fingerprint density at radius 2 is 0.624 bits per heavy atom. The Morgan fingerprint density at radius 3 is 1.02 bits per heavy atom. The molecule has 0 bridgehead atoms. The number of benzene rings is 12.